The van der Waals surface area contributed by atoms with Gasteiger partial charge in [0, 0.05) is 12.1 Å². The molecule has 1 amide bonds. The van der Waals surface area contributed by atoms with Crippen molar-refractivity contribution in [3.05, 3.63) is 102 Å². The number of carbonyl (C=O) groups excluding carboxylic acids is 1. The number of nitrogens with one attached hydrogen (secondary N) is 2. The van der Waals surface area contributed by atoms with Crippen LogP contribution in [0.25, 0.3) is 11.4 Å². The number of fused-ring (bicyclic) bond motifs is 1. The molecule has 2 unspecified atom stereocenters. The van der Waals surface area contributed by atoms with Gasteiger partial charge >= 0.3 is 0 Å². The van der Waals surface area contributed by atoms with Crippen LogP contribution in [0.3, 0.4) is 0 Å². The summed E-state index contributed by atoms with van der Waals surface area (Å²) >= 11 is 1.34. The number of nitrogens with zero attached hydrogens (tertiary/aromatic N) is 3. The Bertz CT molecular complexity index is 1210. The predicted molar refractivity (Wildman–Crippen MR) is 122 cm³/mol. The summed E-state index contributed by atoms with van der Waals surface area (Å²) in [4.78, 5) is 13.2. The van der Waals surface area contributed by atoms with E-state index in [4.69, 9.17) is 0 Å². The van der Waals surface area contributed by atoms with Crippen LogP contribution in [0.5, 0.6) is 0 Å². The molecule has 1 aliphatic heterocycles. The van der Waals surface area contributed by atoms with Crippen LogP contribution in [0.1, 0.15) is 17.2 Å². The van der Waals surface area contributed by atoms with E-state index in [1.54, 1.807) is 16.8 Å². The van der Waals surface area contributed by atoms with E-state index in [1.165, 1.54) is 23.9 Å². The van der Waals surface area contributed by atoms with Crippen molar-refractivity contribution >= 4 is 17.7 Å². The summed E-state index contributed by atoms with van der Waals surface area (Å²) < 4.78 is 15.4. The first-order chi connectivity index (χ1) is 15.7. The monoisotopic (exact) mass is 445 g/mol. The van der Waals surface area contributed by atoms with Crippen LogP contribution >= 0.6 is 11.8 Å². The molecule has 2 N–H and O–H groups in total. The summed E-state index contributed by atoms with van der Waals surface area (Å²) in [7, 11) is 0. The van der Waals surface area contributed by atoms with Crippen molar-refractivity contribution in [3.63, 3.8) is 0 Å². The third kappa shape index (κ3) is 4.09. The average molecular weight is 446 g/mol. The molecule has 0 fully saturated rings. The highest BCUT2D eigenvalue weighted by Gasteiger charge is 2.37. The second-order valence-corrected chi connectivity index (χ2v) is 8.52. The highest BCUT2D eigenvalue weighted by Crippen LogP contribution is 2.38. The zero-order chi connectivity index (χ0) is 21.9. The number of halogens is 1. The fourth-order valence-corrected chi connectivity index (χ4v) is 4.74. The van der Waals surface area contributed by atoms with E-state index < -0.39 is 11.3 Å². The molecule has 0 saturated heterocycles. The number of amides is 1. The lowest BCUT2D eigenvalue weighted by atomic mass is 10.0. The van der Waals surface area contributed by atoms with Gasteiger partial charge in [0.15, 0.2) is 5.82 Å². The lowest BCUT2D eigenvalue weighted by Gasteiger charge is -2.33. The van der Waals surface area contributed by atoms with Gasteiger partial charge in [-0.3, -0.25) is 4.79 Å². The summed E-state index contributed by atoms with van der Waals surface area (Å²) in [5, 5.41) is 11.7. The highest BCUT2D eigenvalue weighted by molar-refractivity contribution is 8.00. The lowest BCUT2D eigenvalue weighted by Crippen LogP contribution is -2.43. The molecule has 5 rings (SSSR count). The van der Waals surface area contributed by atoms with E-state index in [9.17, 15) is 9.18 Å². The van der Waals surface area contributed by atoms with E-state index in [-0.39, 0.29) is 11.7 Å². The van der Waals surface area contributed by atoms with E-state index in [1.807, 2.05) is 60.7 Å². The molecule has 160 valence electrons. The van der Waals surface area contributed by atoms with Gasteiger partial charge in [0.2, 0.25) is 11.1 Å². The Morgan fingerprint density at radius 1 is 0.969 bits per heavy atom. The summed E-state index contributed by atoms with van der Waals surface area (Å²) in [5.41, 5.74) is 6.12. The third-order valence-corrected chi connectivity index (χ3v) is 6.48. The van der Waals surface area contributed by atoms with Crippen molar-refractivity contribution in [2.45, 2.75) is 23.0 Å². The molecule has 4 aromatic rings. The molecular weight excluding hydrogens is 425 g/mol. The Balaban J connectivity index is 1.46. The van der Waals surface area contributed by atoms with Crippen LogP contribution in [0.15, 0.2) is 90.1 Å². The fourth-order valence-electron chi connectivity index (χ4n) is 3.64. The molecule has 0 radical (unpaired) electrons. The van der Waals surface area contributed by atoms with E-state index in [2.05, 4.69) is 20.9 Å². The van der Waals surface area contributed by atoms with Crippen LogP contribution in [0, 0.1) is 5.82 Å². The van der Waals surface area contributed by atoms with E-state index in [0.717, 1.165) is 16.7 Å². The first-order valence-corrected chi connectivity index (χ1v) is 11.1. The Morgan fingerprint density at radius 3 is 2.38 bits per heavy atom. The molecule has 2 heterocycles. The van der Waals surface area contributed by atoms with Gasteiger partial charge in [0.1, 0.15) is 11.1 Å². The van der Waals surface area contributed by atoms with Crippen LogP contribution in [0.2, 0.25) is 0 Å². The van der Waals surface area contributed by atoms with Gasteiger partial charge in [0.25, 0.3) is 0 Å². The quantitative estimate of drug-likeness (QED) is 0.483. The molecule has 8 heteroatoms. The standard InChI is InChI=1S/C24H20FN5OS/c25-19-13-11-17(12-14-19)20-21(23(31)26-15-16-7-3-1-4-8-16)32-24-28-27-22(30(24)29-20)18-9-5-2-6-10-18/h1-14,20-21,29H,15H2,(H,26,31). The van der Waals surface area contributed by atoms with E-state index in [0.29, 0.717) is 17.5 Å². The largest absolute Gasteiger partial charge is 0.351 e. The average Bonchev–Trinajstić information content (AvgIpc) is 3.26. The molecule has 32 heavy (non-hydrogen) atoms. The predicted octanol–water partition coefficient (Wildman–Crippen LogP) is 4.16. The third-order valence-electron chi connectivity index (χ3n) is 5.27. The Hall–Kier alpha value is -3.65. The highest BCUT2D eigenvalue weighted by atomic mass is 32.2. The van der Waals surface area contributed by atoms with Gasteiger partial charge in [-0.25, -0.2) is 9.07 Å². The van der Waals surface area contributed by atoms with Crippen molar-refractivity contribution in [3.8, 4) is 11.4 Å². The topological polar surface area (TPSA) is 71.8 Å². The maximum absolute atomic E-state index is 13.6. The Labute approximate surface area is 188 Å². The fraction of sp³-hybridized carbons (Fsp3) is 0.125. The minimum absolute atomic E-state index is 0.129. The van der Waals surface area contributed by atoms with Crippen LogP contribution < -0.4 is 10.7 Å². The van der Waals surface area contributed by atoms with Crippen molar-refractivity contribution in [1.29, 1.82) is 0 Å². The van der Waals surface area contributed by atoms with Crippen LogP contribution in [-0.2, 0) is 11.3 Å². The van der Waals surface area contributed by atoms with Crippen LogP contribution in [-0.4, -0.2) is 26.0 Å². The number of hydrogen-bond donors (Lipinski definition) is 2. The van der Waals surface area contributed by atoms with Crippen molar-refractivity contribution in [1.82, 2.24) is 20.2 Å². The smallest absolute Gasteiger partial charge is 0.236 e. The van der Waals surface area contributed by atoms with Crippen molar-refractivity contribution < 1.29 is 9.18 Å². The van der Waals surface area contributed by atoms with Crippen molar-refractivity contribution in [2.75, 3.05) is 5.43 Å². The minimum Gasteiger partial charge on any atom is -0.351 e. The first-order valence-electron chi connectivity index (χ1n) is 10.2. The SMILES string of the molecule is O=C(NCc1ccccc1)C1Sc2nnc(-c3ccccc3)n2NC1c1ccc(F)cc1. The Kier molecular flexibility index (Phi) is 5.60. The molecule has 2 atom stereocenters. The molecule has 1 aliphatic rings. The van der Waals surface area contributed by atoms with Crippen molar-refractivity contribution in [2.24, 2.45) is 0 Å². The summed E-state index contributed by atoms with van der Waals surface area (Å²) in [6.07, 6.45) is 0. The van der Waals surface area contributed by atoms with Gasteiger partial charge in [-0.2, -0.15) is 0 Å². The second kappa shape index (κ2) is 8.84. The summed E-state index contributed by atoms with van der Waals surface area (Å²) in [5.74, 6) is 0.205. The minimum atomic E-state index is -0.510. The first kappa shape index (κ1) is 20.3. The normalized spacial score (nSPS) is 17.3. The maximum Gasteiger partial charge on any atom is 0.236 e. The van der Waals surface area contributed by atoms with Gasteiger partial charge in [-0.15, -0.1) is 10.2 Å². The number of rotatable bonds is 5. The zero-order valence-corrected chi connectivity index (χ0v) is 17.8. The number of thioether (sulfide) groups is 1. The molecule has 1 aromatic heterocycles. The summed E-state index contributed by atoms with van der Waals surface area (Å²) in [6, 6.07) is 25.3. The molecule has 6 nitrogen and oxygen atoms in total. The molecule has 0 bridgehead atoms. The van der Waals surface area contributed by atoms with Gasteiger partial charge in [0.05, 0.1) is 6.04 Å². The lowest BCUT2D eigenvalue weighted by molar-refractivity contribution is -0.121. The molecule has 3 aromatic carbocycles. The van der Waals surface area contributed by atoms with Gasteiger partial charge < -0.3 is 10.7 Å². The van der Waals surface area contributed by atoms with E-state index >= 15 is 0 Å². The Morgan fingerprint density at radius 2 is 1.66 bits per heavy atom. The second-order valence-electron chi connectivity index (χ2n) is 7.41. The molecule has 0 aliphatic carbocycles. The number of aromatic nitrogens is 3. The van der Waals surface area contributed by atoms with Gasteiger partial charge in [-0.1, -0.05) is 84.6 Å². The molecule has 0 saturated carbocycles. The number of hydrogen-bond acceptors (Lipinski definition) is 5. The maximum atomic E-state index is 13.6. The molecular formula is C24H20FN5OS. The number of carbonyl (C=O) groups is 1. The number of benzene rings is 3. The zero-order valence-electron chi connectivity index (χ0n) is 17.0. The molecule has 0 spiro atoms. The summed E-state index contributed by atoms with van der Waals surface area (Å²) in [6.45, 7) is 0.425. The van der Waals surface area contributed by atoms with Crippen LogP contribution in [0.4, 0.5) is 4.39 Å². The van der Waals surface area contributed by atoms with Gasteiger partial charge in [-0.05, 0) is 23.3 Å².